The highest BCUT2D eigenvalue weighted by Gasteiger charge is 2.02. The average molecular weight is 145 g/mol. The van der Waals surface area contributed by atoms with Crippen molar-refractivity contribution in [3.63, 3.8) is 0 Å². The van der Waals surface area contributed by atoms with E-state index in [2.05, 4.69) is 25.3 Å². The van der Waals surface area contributed by atoms with Gasteiger partial charge in [0.15, 0.2) is 0 Å². The third kappa shape index (κ3) is 3.70. The van der Waals surface area contributed by atoms with Crippen LogP contribution in [-0.4, -0.2) is 27.6 Å². The molecule has 0 rings (SSSR count). The van der Waals surface area contributed by atoms with Crippen LogP contribution in [0.3, 0.4) is 0 Å². The Labute approximate surface area is 61.9 Å². The molecule has 0 bridgehead atoms. The monoisotopic (exact) mass is 145 g/mol. The van der Waals surface area contributed by atoms with Gasteiger partial charge in [-0.2, -0.15) is 0 Å². The molecule has 0 saturated heterocycles. The van der Waals surface area contributed by atoms with Crippen molar-refractivity contribution in [2.24, 2.45) is 0 Å². The molecule has 1 atom stereocenters. The number of hydrogen-bond donors (Lipinski definition) is 0. The van der Waals surface area contributed by atoms with E-state index in [1.807, 2.05) is 0 Å². The Kier molecular flexibility index (Phi) is 5.10. The molecule has 9 heavy (non-hydrogen) atoms. The maximum absolute atomic E-state index is 2.54. The first-order chi connectivity index (χ1) is 4.22. The van der Waals surface area contributed by atoms with E-state index >= 15 is 0 Å². The number of nitrogens with zero attached hydrogens (tertiary/aromatic N) is 1. The van der Waals surface area contributed by atoms with E-state index in [-0.39, 0.29) is 0 Å². The predicted molar refractivity (Wildman–Crippen MR) is 46.7 cm³/mol. The van der Waals surface area contributed by atoms with Crippen molar-refractivity contribution < 1.29 is 0 Å². The van der Waals surface area contributed by atoms with Gasteiger partial charge in [0.2, 0.25) is 0 Å². The van der Waals surface area contributed by atoms with Gasteiger partial charge < -0.3 is 4.57 Å². The Bertz CT molecular complexity index is 65.9. The van der Waals surface area contributed by atoms with Crippen molar-refractivity contribution in [2.75, 3.05) is 6.54 Å². The summed E-state index contributed by atoms with van der Waals surface area (Å²) in [6, 6.07) is 0.816. The SMILES string of the molecule is CCCN([SiH3])C(C)CC. The first kappa shape index (κ1) is 9.18. The van der Waals surface area contributed by atoms with Crippen LogP contribution >= 0.6 is 0 Å². The van der Waals surface area contributed by atoms with Crippen LogP contribution in [0.5, 0.6) is 0 Å². The van der Waals surface area contributed by atoms with Crippen LogP contribution < -0.4 is 0 Å². The van der Waals surface area contributed by atoms with E-state index in [9.17, 15) is 0 Å². The molecule has 0 N–H and O–H groups in total. The summed E-state index contributed by atoms with van der Waals surface area (Å²) in [7, 11) is 1.23. The van der Waals surface area contributed by atoms with Gasteiger partial charge in [0.1, 0.15) is 0 Å². The molecule has 0 aliphatic rings. The van der Waals surface area contributed by atoms with Crippen molar-refractivity contribution in [3.05, 3.63) is 0 Å². The standard InChI is InChI=1S/C7H19NSi/c1-4-6-8(9)7(3)5-2/h7H,4-6H2,1-3,9H3. The van der Waals surface area contributed by atoms with Gasteiger partial charge >= 0.3 is 0 Å². The van der Waals surface area contributed by atoms with Crippen LogP contribution in [0.25, 0.3) is 0 Å². The maximum atomic E-state index is 2.54. The summed E-state index contributed by atoms with van der Waals surface area (Å²) in [5.74, 6) is 0. The summed E-state index contributed by atoms with van der Waals surface area (Å²) in [6.07, 6.45) is 2.59. The molecule has 0 fully saturated rings. The summed E-state index contributed by atoms with van der Waals surface area (Å²) in [6.45, 7) is 8.10. The Morgan fingerprint density at radius 2 is 2.00 bits per heavy atom. The Morgan fingerprint density at radius 3 is 2.33 bits per heavy atom. The molecule has 0 aromatic heterocycles. The lowest BCUT2D eigenvalue weighted by atomic mass is 10.2. The van der Waals surface area contributed by atoms with E-state index in [0.717, 1.165) is 6.04 Å². The maximum Gasteiger partial charge on any atom is 0.0787 e. The van der Waals surface area contributed by atoms with Crippen LogP contribution in [-0.2, 0) is 0 Å². The van der Waals surface area contributed by atoms with Crippen molar-refractivity contribution >= 4 is 10.4 Å². The topological polar surface area (TPSA) is 3.24 Å². The fraction of sp³-hybridized carbons (Fsp3) is 1.00. The number of rotatable bonds is 4. The van der Waals surface area contributed by atoms with Crippen molar-refractivity contribution in [3.8, 4) is 0 Å². The predicted octanol–water partition coefficient (Wildman–Crippen LogP) is 0.777. The van der Waals surface area contributed by atoms with Gasteiger partial charge in [0, 0.05) is 0 Å². The van der Waals surface area contributed by atoms with E-state index in [1.165, 1.54) is 29.8 Å². The van der Waals surface area contributed by atoms with Crippen LogP contribution in [0.1, 0.15) is 33.6 Å². The van der Waals surface area contributed by atoms with Crippen LogP contribution in [0.4, 0.5) is 0 Å². The summed E-state index contributed by atoms with van der Waals surface area (Å²) in [5, 5.41) is 0. The first-order valence-corrected chi connectivity index (χ1v) is 4.82. The quantitative estimate of drug-likeness (QED) is 0.528. The molecule has 1 unspecified atom stereocenters. The van der Waals surface area contributed by atoms with Gasteiger partial charge in [-0.1, -0.05) is 20.8 Å². The molecule has 0 aromatic rings. The molecule has 0 heterocycles. The third-order valence-electron chi connectivity index (χ3n) is 1.92. The summed E-state index contributed by atoms with van der Waals surface area (Å²) in [4.78, 5) is 0. The second-order valence-electron chi connectivity index (χ2n) is 2.74. The van der Waals surface area contributed by atoms with Gasteiger partial charge in [-0.05, 0) is 25.4 Å². The third-order valence-corrected chi connectivity index (χ3v) is 3.25. The molecule has 0 aromatic carbocycles. The highest BCUT2D eigenvalue weighted by molar-refractivity contribution is 6.04. The molecule has 0 radical (unpaired) electrons. The second kappa shape index (κ2) is 5.00. The van der Waals surface area contributed by atoms with Gasteiger partial charge in [-0.25, -0.2) is 0 Å². The Balaban J connectivity index is 3.32. The fourth-order valence-corrected chi connectivity index (χ4v) is 1.70. The lowest BCUT2D eigenvalue weighted by Crippen LogP contribution is -2.30. The van der Waals surface area contributed by atoms with Crippen molar-refractivity contribution in [1.29, 1.82) is 0 Å². The fourth-order valence-electron chi connectivity index (χ4n) is 0.885. The van der Waals surface area contributed by atoms with Crippen molar-refractivity contribution in [2.45, 2.75) is 39.7 Å². The van der Waals surface area contributed by atoms with E-state index in [0.29, 0.717) is 0 Å². The van der Waals surface area contributed by atoms with E-state index in [1.54, 1.807) is 0 Å². The summed E-state index contributed by atoms with van der Waals surface area (Å²) in [5.41, 5.74) is 0. The second-order valence-corrected chi connectivity index (χ2v) is 3.89. The Hall–Kier alpha value is 0.177. The molecular formula is C7H19NSi. The molecule has 56 valence electrons. The molecule has 0 aliphatic heterocycles. The van der Waals surface area contributed by atoms with Gasteiger partial charge in [-0.15, -0.1) is 0 Å². The minimum atomic E-state index is 0.816. The zero-order valence-corrected chi connectivity index (χ0v) is 9.15. The smallest absolute Gasteiger partial charge is 0.0787 e. The lowest BCUT2D eigenvalue weighted by Gasteiger charge is -2.22. The van der Waals surface area contributed by atoms with Crippen LogP contribution in [0.2, 0.25) is 0 Å². The van der Waals surface area contributed by atoms with Gasteiger partial charge in [-0.3, -0.25) is 0 Å². The average Bonchev–Trinajstić information content (AvgIpc) is 1.87. The zero-order valence-electron chi connectivity index (χ0n) is 7.15. The van der Waals surface area contributed by atoms with Gasteiger partial charge in [0.05, 0.1) is 10.4 Å². The van der Waals surface area contributed by atoms with Gasteiger partial charge in [0.25, 0.3) is 0 Å². The van der Waals surface area contributed by atoms with Crippen molar-refractivity contribution in [1.82, 2.24) is 4.57 Å². The Morgan fingerprint density at radius 1 is 1.44 bits per heavy atom. The normalized spacial score (nSPS) is 14.7. The number of hydrogen-bond acceptors (Lipinski definition) is 1. The highest BCUT2D eigenvalue weighted by atomic mass is 28.2. The highest BCUT2D eigenvalue weighted by Crippen LogP contribution is 1.98. The largest absolute Gasteiger partial charge is 0.330 e. The molecule has 0 saturated carbocycles. The molecular weight excluding hydrogens is 126 g/mol. The summed E-state index contributed by atoms with van der Waals surface area (Å²) >= 11 is 0. The minimum absolute atomic E-state index is 0.816. The molecule has 0 amide bonds. The van der Waals surface area contributed by atoms with E-state index < -0.39 is 0 Å². The van der Waals surface area contributed by atoms with Crippen LogP contribution in [0.15, 0.2) is 0 Å². The minimum Gasteiger partial charge on any atom is -0.330 e. The zero-order chi connectivity index (χ0) is 7.28. The molecule has 1 nitrogen and oxygen atoms in total. The van der Waals surface area contributed by atoms with E-state index in [4.69, 9.17) is 0 Å². The first-order valence-electron chi connectivity index (χ1n) is 3.92. The van der Waals surface area contributed by atoms with Crippen LogP contribution in [0, 0.1) is 0 Å². The molecule has 0 spiro atoms. The molecule has 0 aliphatic carbocycles. The molecule has 2 heteroatoms. The summed E-state index contributed by atoms with van der Waals surface area (Å²) < 4.78 is 2.54. The lowest BCUT2D eigenvalue weighted by molar-refractivity contribution is 0.350.